The summed E-state index contributed by atoms with van der Waals surface area (Å²) in [5, 5.41) is 3.02. The van der Waals surface area contributed by atoms with Crippen LogP contribution >= 0.6 is 0 Å². The van der Waals surface area contributed by atoms with Gasteiger partial charge in [0.25, 0.3) is 0 Å². The lowest BCUT2D eigenvalue weighted by Gasteiger charge is -2.45. The molecule has 2 unspecified atom stereocenters. The first-order valence-electron chi connectivity index (χ1n) is 12.1. The average molecular weight is 486 g/mol. The Morgan fingerprint density at radius 2 is 1.66 bits per heavy atom. The van der Waals surface area contributed by atoms with Gasteiger partial charge in [0.1, 0.15) is 22.8 Å². The molecule has 2 aromatic rings. The number of fused-ring (bicyclic) bond motifs is 1. The average Bonchev–Trinajstić information content (AvgIpc) is 3.18. The molecule has 0 radical (unpaired) electrons. The molecule has 0 spiro atoms. The molecular weight excluding hydrogens is 452 g/mol. The smallest absolute Gasteiger partial charge is 0.410 e. The van der Waals surface area contributed by atoms with Crippen molar-refractivity contribution in [3.8, 4) is 0 Å². The fourth-order valence-corrected chi connectivity index (χ4v) is 5.12. The normalized spacial score (nSPS) is 21.4. The molecule has 1 N–H and O–H groups in total. The fraction of sp³-hybridized carbons (Fsp3) is 0.481. The van der Waals surface area contributed by atoms with E-state index in [0.717, 1.165) is 23.6 Å². The predicted octanol–water partition coefficient (Wildman–Crippen LogP) is 4.54. The number of halogens is 2. The third-order valence-electron chi connectivity index (χ3n) is 6.80. The van der Waals surface area contributed by atoms with E-state index in [-0.39, 0.29) is 12.0 Å². The maximum atomic E-state index is 13.9. The molecule has 2 atom stereocenters. The highest BCUT2D eigenvalue weighted by molar-refractivity contribution is 5.89. The minimum Gasteiger partial charge on any atom is -0.444 e. The van der Waals surface area contributed by atoms with Crippen LogP contribution in [0.2, 0.25) is 0 Å². The summed E-state index contributed by atoms with van der Waals surface area (Å²) in [6.07, 6.45) is 0.984. The summed E-state index contributed by atoms with van der Waals surface area (Å²) in [5.74, 6) is -1.56. The summed E-state index contributed by atoms with van der Waals surface area (Å²) < 4.78 is 33.1. The molecule has 1 aliphatic carbocycles. The van der Waals surface area contributed by atoms with E-state index in [4.69, 9.17) is 4.74 Å². The monoisotopic (exact) mass is 485 g/mol. The van der Waals surface area contributed by atoms with Crippen LogP contribution in [-0.4, -0.2) is 53.6 Å². The van der Waals surface area contributed by atoms with Gasteiger partial charge >= 0.3 is 6.09 Å². The van der Waals surface area contributed by atoms with Gasteiger partial charge in [0, 0.05) is 32.2 Å². The molecular formula is C27H33F2N3O3. The van der Waals surface area contributed by atoms with Crippen molar-refractivity contribution >= 4 is 12.0 Å². The molecule has 1 fully saturated rings. The van der Waals surface area contributed by atoms with Gasteiger partial charge in [0.15, 0.2) is 0 Å². The molecule has 8 heteroatoms. The third-order valence-corrected chi connectivity index (χ3v) is 6.80. The highest BCUT2D eigenvalue weighted by Crippen LogP contribution is 2.43. The highest BCUT2D eigenvalue weighted by Gasteiger charge is 2.51. The maximum absolute atomic E-state index is 13.9. The summed E-state index contributed by atoms with van der Waals surface area (Å²) in [7, 11) is 0. The van der Waals surface area contributed by atoms with Gasteiger partial charge in [0.2, 0.25) is 5.91 Å². The standard InChI is InChI=1S/C27H33F2N3O3/c1-18(20-15-21(28)17-22(29)16-20)30-24(33)27(10-9-19-7-5-6-8-23(19)27)32-13-11-31(12-14-32)25(34)35-26(2,3)4/h5-8,15-18H,9-14H2,1-4H3,(H,30,33). The van der Waals surface area contributed by atoms with Gasteiger partial charge in [-0.3, -0.25) is 9.69 Å². The van der Waals surface area contributed by atoms with Crippen molar-refractivity contribution in [2.75, 3.05) is 26.2 Å². The van der Waals surface area contributed by atoms with Crippen LogP contribution in [-0.2, 0) is 21.5 Å². The van der Waals surface area contributed by atoms with Crippen molar-refractivity contribution in [3.05, 3.63) is 70.8 Å². The number of piperazine rings is 1. The SMILES string of the molecule is CC(NC(=O)C1(N2CCN(C(=O)OC(C)(C)C)CC2)CCc2ccccc21)c1cc(F)cc(F)c1. The molecule has 4 rings (SSSR count). The van der Waals surface area contributed by atoms with Crippen LogP contribution < -0.4 is 5.32 Å². The second-order valence-corrected chi connectivity index (χ2v) is 10.4. The van der Waals surface area contributed by atoms with Gasteiger partial charge in [-0.25, -0.2) is 13.6 Å². The lowest BCUT2D eigenvalue weighted by atomic mass is 9.87. The first kappa shape index (κ1) is 25.1. The van der Waals surface area contributed by atoms with Crippen molar-refractivity contribution < 1.29 is 23.1 Å². The molecule has 2 aromatic carbocycles. The molecule has 2 aliphatic rings. The Hall–Kier alpha value is -3.00. The van der Waals surface area contributed by atoms with Crippen molar-refractivity contribution in [2.45, 2.75) is 57.7 Å². The number of hydrogen-bond donors (Lipinski definition) is 1. The Morgan fingerprint density at radius 1 is 1.03 bits per heavy atom. The number of rotatable bonds is 4. The number of carbonyl (C=O) groups excluding carboxylic acids is 2. The summed E-state index contributed by atoms with van der Waals surface area (Å²) in [6.45, 7) is 9.12. The van der Waals surface area contributed by atoms with E-state index in [1.165, 1.54) is 12.1 Å². The van der Waals surface area contributed by atoms with Crippen LogP contribution in [0.15, 0.2) is 42.5 Å². The zero-order valence-electron chi connectivity index (χ0n) is 20.7. The number of carbonyl (C=O) groups is 2. The summed E-state index contributed by atoms with van der Waals surface area (Å²) in [4.78, 5) is 30.3. The Morgan fingerprint density at radius 3 is 2.29 bits per heavy atom. The summed E-state index contributed by atoms with van der Waals surface area (Å²) in [6, 6.07) is 10.6. The summed E-state index contributed by atoms with van der Waals surface area (Å²) in [5.41, 5.74) is 0.928. The van der Waals surface area contributed by atoms with Gasteiger partial charge in [-0.1, -0.05) is 24.3 Å². The Labute approximate surface area is 205 Å². The van der Waals surface area contributed by atoms with Crippen molar-refractivity contribution in [1.82, 2.24) is 15.1 Å². The van der Waals surface area contributed by atoms with Crippen LogP contribution in [0.4, 0.5) is 13.6 Å². The molecule has 6 nitrogen and oxygen atoms in total. The van der Waals surface area contributed by atoms with Crippen LogP contribution in [0.5, 0.6) is 0 Å². The van der Waals surface area contributed by atoms with E-state index in [2.05, 4.69) is 10.2 Å². The zero-order valence-corrected chi connectivity index (χ0v) is 20.7. The van der Waals surface area contributed by atoms with E-state index in [0.29, 0.717) is 38.2 Å². The molecule has 188 valence electrons. The van der Waals surface area contributed by atoms with Crippen molar-refractivity contribution in [3.63, 3.8) is 0 Å². The van der Waals surface area contributed by atoms with Crippen LogP contribution in [0.25, 0.3) is 0 Å². The molecule has 0 bridgehead atoms. The second-order valence-electron chi connectivity index (χ2n) is 10.4. The topological polar surface area (TPSA) is 61.9 Å². The number of nitrogens with one attached hydrogen (secondary N) is 1. The molecule has 1 aliphatic heterocycles. The fourth-order valence-electron chi connectivity index (χ4n) is 5.12. The van der Waals surface area contributed by atoms with Gasteiger partial charge in [-0.2, -0.15) is 0 Å². The zero-order chi connectivity index (χ0) is 25.4. The molecule has 2 amide bonds. The largest absolute Gasteiger partial charge is 0.444 e. The van der Waals surface area contributed by atoms with E-state index in [1.54, 1.807) is 11.8 Å². The minimum absolute atomic E-state index is 0.203. The Bertz CT molecular complexity index is 1090. The van der Waals surface area contributed by atoms with Crippen molar-refractivity contribution in [1.29, 1.82) is 0 Å². The molecule has 35 heavy (non-hydrogen) atoms. The minimum atomic E-state index is -0.920. The van der Waals surface area contributed by atoms with Crippen LogP contribution in [0, 0.1) is 11.6 Å². The Kier molecular flexibility index (Phi) is 6.86. The number of amides is 2. The summed E-state index contributed by atoms with van der Waals surface area (Å²) >= 11 is 0. The van der Waals surface area contributed by atoms with Crippen LogP contribution in [0.1, 0.15) is 56.8 Å². The lowest BCUT2D eigenvalue weighted by Crippen LogP contribution is -2.61. The van der Waals surface area contributed by atoms with Crippen LogP contribution in [0.3, 0.4) is 0 Å². The number of hydrogen-bond acceptors (Lipinski definition) is 4. The Balaban J connectivity index is 1.57. The van der Waals surface area contributed by atoms with E-state index < -0.39 is 28.8 Å². The molecule has 1 saturated heterocycles. The second kappa shape index (κ2) is 9.57. The van der Waals surface area contributed by atoms with E-state index in [1.807, 2.05) is 45.0 Å². The number of aryl methyl sites for hydroxylation is 1. The lowest BCUT2D eigenvalue weighted by molar-refractivity contribution is -0.136. The van der Waals surface area contributed by atoms with E-state index in [9.17, 15) is 18.4 Å². The first-order chi connectivity index (χ1) is 16.5. The van der Waals surface area contributed by atoms with Gasteiger partial charge in [-0.15, -0.1) is 0 Å². The van der Waals surface area contributed by atoms with Gasteiger partial charge in [0.05, 0.1) is 6.04 Å². The number of benzene rings is 2. The molecule has 1 heterocycles. The van der Waals surface area contributed by atoms with E-state index >= 15 is 0 Å². The number of nitrogens with zero attached hydrogens (tertiary/aromatic N) is 2. The van der Waals surface area contributed by atoms with Crippen molar-refractivity contribution in [2.24, 2.45) is 0 Å². The number of ether oxygens (including phenoxy) is 1. The predicted molar refractivity (Wildman–Crippen MR) is 129 cm³/mol. The molecule has 0 aromatic heterocycles. The quantitative estimate of drug-likeness (QED) is 0.691. The van der Waals surface area contributed by atoms with Gasteiger partial charge in [-0.05, 0) is 69.4 Å². The highest BCUT2D eigenvalue weighted by atomic mass is 19.1. The first-order valence-corrected chi connectivity index (χ1v) is 12.1. The van der Waals surface area contributed by atoms with Gasteiger partial charge < -0.3 is 15.0 Å². The molecule has 0 saturated carbocycles. The maximum Gasteiger partial charge on any atom is 0.410 e. The third kappa shape index (κ3) is 5.17.